The standard InChI is InChI=1S/C19H16N6O5S/c20-16-15(22-17(27)11-4-2-1-3-5-11)18(28)24-19(23-16)31-10-14(26)21-12-6-8-13(9-7-12)25(29)30/h1-9H,10H2,(H,21,26)(H,22,27)(H3,20,23,24,28). The van der Waals surface area contributed by atoms with E-state index in [2.05, 4.69) is 20.6 Å². The average molecular weight is 440 g/mol. The van der Waals surface area contributed by atoms with Gasteiger partial charge in [-0.05, 0) is 24.3 Å². The molecule has 3 aromatic rings. The average Bonchev–Trinajstić information content (AvgIpc) is 2.75. The lowest BCUT2D eigenvalue weighted by molar-refractivity contribution is -0.384. The lowest BCUT2D eigenvalue weighted by atomic mass is 10.2. The zero-order valence-electron chi connectivity index (χ0n) is 15.8. The third-order valence-corrected chi connectivity index (χ3v) is 4.78. The molecule has 11 nitrogen and oxygen atoms in total. The summed E-state index contributed by atoms with van der Waals surface area (Å²) in [6.07, 6.45) is 0. The number of amides is 2. The van der Waals surface area contributed by atoms with Crippen molar-refractivity contribution in [2.45, 2.75) is 5.16 Å². The van der Waals surface area contributed by atoms with Gasteiger partial charge in [0.05, 0.1) is 10.7 Å². The molecule has 0 spiro atoms. The van der Waals surface area contributed by atoms with Gasteiger partial charge in [-0.3, -0.25) is 29.5 Å². The lowest BCUT2D eigenvalue weighted by Gasteiger charge is -2.09. The number of nitrogens with two attached hydrogens (primary N) is 1. The molecule has 0 radical (unpaired) electrons. The molecule has 2 amide bonds. The van der Waals surface area contributed by atoms with Crippen LogP contribution in [-0.4, -0.2) is 32.5 Å². The number of rotatable bonds is 7. The zero-order chi connectivity index (χ0) is 22.4. The third kappa shape index (κ3) is 5.67. The van der Waals surface area contributed by atoms with Crippen molar-refractivity contribution in [3.8, 4) is 0 Å². The van der Waals surface area contributed by atoms with Crippen LogP contribution in [-0.2, 0) is 4.79 Å². The quantitative estimate of drug-likeness (QED) is 0.187. The molecule has 0 aliphatic heterocycles. The normalized spacial score (nSPS) is 10.3. The third-order valence-electron chi connectivity index (χ3n) is 3.90. The Balaban J connectivity index is 1.61. The smallest absolute Gasteiger partial charge is 0.277 e. The van der Waals surface area contributed by atoms with Crippen molar-refractivity contribution < 1.29 is 14.5 Å². The molecule has 0 fully saturated rings. The van der Waals surface area contributed by atoms with E-state index in [1.165, 1.54) is 24.3 Å². The number of non-ortho nitro benzene ring substituents is 1. The highest BCUT2D eigenvalue weighted by Crippen LogP contribution is 2.19. The van der Waals surface area contributed by atoms with Gasteiger partial charge in [-0.25, -0.2) is 4.98 Å². The van der Waals surface area contributed by atoms with Crippen LogP contribution < -0.4 is 21.9 Å². The molecule has 0 aliphatic rings. The molecule has 1 aromatic heterocycles. The molecule has 2 aromatic carbocycles. The van der Waals surface area contributed by atoms with Crippen molar-refractivity contribution in [3.63, 3.8) is 0 Å². The van der Waals surface area contributed by atoms with Crippen molar-refractivity contribution in [1.29, 1.82) is 0 Å². The Hall–Kier alpha value is -4.19. The van der Waals surface area contributed by atoms with Crippen molar-refractivity contribution in [2.24, 2.45) is 0 Å². The number of carbonyl (C=O) groups is 2. The van der Waals surface area contributed by atoms with Crippen molar-refractivity contribution in [3.05, 3.63) is 80.6 Å². The van der Waals surface area contributed by atoms with Gasteiger partial charge in [0.25, 0.3) is 17.2 Å². The van der Waals surface area contributed by atoms with E-state index in [9.17, 15) is 24.5 Å². The summed E-state index contributed by atoms with van der Waals surface area (Å²) in [6.45, 7) is 0. The van der Waals surface area contributed by atoms with Gasteiger partial charge in [0.15, 0.2) is 11.0 Å². The van der Waals surface area contributed by atoms with Gasteiger partial charge < -0.3 is 16.4 Å². The van der Waals surface area contributed by atoms with Crippen molar-refractivity contribution in [2.75, 3.05) is 22.1 Å². The number of hydrogen-bond acceptors (Lipinski definition) is 8. The maximum absolute atomic E-state index is 12.3. The van der Waals surface area contributed by atoms with Crippen LogP contribution >= 0.6 is 11.8 Å². The molecule has 0 aliphatic carbocycles. The molecule has 1 heterocycles. The number of nitrogen functional groups attached to an aromatic ring is 1. The summed E-state index contributed by atoms with van der Waals surface area (Å²) in [5.74, 6) is -1.22. The zero-order valence-corrected chi connectivity index (χ0v) is 16.6. The highest BCUT2D eigenvalue weighted by molar-refractivity contribution is 7.99. The van der Waals surface area contributed by atoms with E-state index in [-0.39, 0.29) is 28.1 Å². The van der Waals surface area contributed by atoms with Gasteiger partial charge in [-0.2, -0.15) is 0 Å². The summed E-state index contributed by atoms with van der Waals surface area (Å²) in [4.78, 5) is 53.1. The molecule has 3 rings (SSSR count). The number of aromatic nitrogens is 2. The topological polar surface area (TPSA) is 173 Å². The first-order valence-electron chi connectivity index (χ1n) is 8.77. The van der Waals surface area contributed by atoms with Gasteiger partial charge in [0, 0.05) is 23.4 Å². The minimum Gasteiger partial charge on any atom is -0.382 e. The summed E-state index contributed by atoms with van der Waals surface area (Å²) in [5.41, 5.74) is 5.60. The largest absolute Gasteiger partial charge is 0.382 e. The maximum Gasteiger partial charge on any atom is 0.277 e. The van der Waals surface area contributed by atoms with Gasteiger partial charge in [-0.15, -0.1) is 0 Å². The van der Waals surface area contributed by atoms with Crippen LogP contribution in [0.3, 0.4) is 0 Å². The number of H-pyrrole nitrogens is 1. The number of benzene rings is 2. The lowest BCUT2D eigenvalue weighted by Crippen LogP contribution is -2.23. The Morgan fingerprint density at radius 3 is 2.39 bits per heavy atom. The second-order valence-electron chi connectivity index (χ2n) is 6.09. The number of nitro benzene ring substituents is 1. The molecule has 0 saturated heterocycles. The fourth-order valence-electron chi connectivity index (χ4n) is 2.43. The number of anilines is 3. The number of nitro groups is 1. The van der Waals surface area contributed by atoms with E-state index in [0.29, 0.717) is 11.3 Å². The monoisotopic (exact) mass is 440 g/mol. The summed E-state index contributed by atoms with van der Waals surface area (Å²) in [5, 5.41) is 15.7. The minimum atomic E-state index is -0.657. The van der Waals surface area contributed by atoms with Crippen LogP contribution in [0.15, 0.2) is 64.5 Å². The molecule has 0 bridgehead atoms. The first-order chi connectivity index (χ1) is 14.8. The van der Waals surface area contributed by atoms with E-state index in [4.69, 9.17) is 5.73 Å². The summed E-state index contributed by atoms with van der Waals surface area (Å²) >= 11 is 0.928. The predicted octanol–water partition coefficient (Wildman–Crippen LogP) is 2.24. The molecule has 12 heteroatoms. The maximum atomic E-state index is 12.3. The predicted molar refractivity (Wildman–Crippen MR) is 116 cm³/mol. The van der Waals surface area contributed by atoms with E-state index >= 15 is 0 Å². The molecule has 5 N–H and O–H groups in total. The van der Waals surface area contributed by atoms with Crippen LogP contribution in [0.25, 0.3) is 0 Å². The number of thioether (sulfide) groups is 1. The summed E-state index contributed by atoms with van der Waals surface area (Å²) < 4.78 is 0. The Morgan fingerprint density at radius 1 is 1.10 bits per heavy atom. The number of nitrogens with zero attached hydrogens (tertiary/aromatic N) is 2. The van der Waals surface area contributed by atoms with E-state index in [0.717, 1.165) is 11.8 Å². The second kappa shape index (κ2) is 9.54. The Morgan fingerprint density at radius 2 is 1.77 bits per heavy atom. The number of hydrogen-bond donors (Lipinski definition) is 4. The Bertz CT molecular complexity index is 1180. The Kier molecular flexibility index (Phi) is 6.62. The molecule has 0 unspecified atom stereocenters. The van der Waals surface area contributed by atoms with Crippen molar-refractivity contribution >= 4 is 46.5 Å². The van der Waals surface area contributed by atoms with E-state index in [1.807, 2.05) is 0 Å². The second-order valence-corrected chi connectivity index (χ2v) is 7.06. The SMILES string of the molecule is Nc1nc(SCC(=O)Nc2ccc([N+](=O)[O-])cc2)[nH]c(=O)c1NC(=O)c1ccccc1. The van der Waals surface area contributed by atoms with Crippen LogP contribution in [0, 0.1) is 10.1 Å². The fourth-order valence-corrected chi connectivity index (χ4v) is 3.10. The fraction of sp³-hybridized carbons (Fsp3) is 0.0526. The summed E-state index contributed by atoms with van der Waals surface area (Å²) in [6, 6.07) is 13.6. The molecule has 158 valence electrons. The highest BCUT2D eigenvalue weighted by atomic mass is 32.2. The number of aromatic amines is 1. The van der Waals surface area contributed by atoms with Gasteiger partial charge in [-0.1, -0.05) is 30.0 Å². The first kappa shape index (κ1) is 21.5. The van der Waals surface area contributed by atoms with E-state index < -0.39 is 22.3 Å². The first-order valence-corrected chi connectivity index (χ1v) is 9.75. The van der Waals surface area contributed by atoms with Crippen molar-refractivity contribution in [1.82, 2.24) is 9.97 Å². The molecular formula is C19H16N6O5S. The van der Waals surface area contributed by atoms with E-state index in [1.54, 1.807) is 30.3 Å². The van der Waals surface area contributed by atoms with Crippen LogP contribution in [0.2, 0.25) is 0 Å². The molecule has 31 heavy (non-hydrogen) atoms. The minimum absolute atomic E-state index is 0.0935. The van der Waals surface area contributed by atoms with Crippen LogP contribution in [0.5, 0.6) is 0 Å². The highest BCUT2D eigenvalue weighted by Gasteiger charge is 2.15. The number of carbonyl (C=O) groups excluding carboxylic acids is 2. The molecular weight excluding hydrogens is 424 g/mol. The van der Waals surface area contributed by atoms with Gasteiger partial charge in [0.1, 0.15) is 5.69 Å². The molecule has 0 saturated carbocycles. The number of nitrogens with one attached hydrogen (secondary N) is 3. The summed E-state index contributed by atoms with van der Waals surface area (Å²) in [7, 11) is 0. The Labute approximate surface area is 179 Å². The molecule has 0 atom stereocenters. The van der Waals surface area contributed by atoms with Gasteiger partial charge in [0.2, 0.25) is 5.91 Å². The van der Waals surface area contributed by atoms with Crippen LogP contribution in [0.1, 0.15) is 10.4 Å². The van der Waals surface area contributed by atoms with Crippen LogP contribution in [0.4, 0.5) is 22.9 Å². The van der Waals surface area contributed by atoms with Gasteiger partial charge >= 0.3 is 0 Å².